The van der Waals surface area contributed by atoms with Crippen LogP contribution in [-0.4, -0.2) is 17.6 Å². The Bertz CT molecular complexity index is 905. The van der Waals surface area contributed by atoms with Crippen LogP contribution in [0.3, 0.4) is 0 Å². The Morgan fingerprint density at radius 1 is 1.04 bits per heavy atom. The van der Waals surface area contributed by atoms with Gasteiger partial charge in [0.25, 0.3) is 0 Å². The van der Waals surface area contributed by atoms with E-state index in [1.54, 1.807) is 6.26 Å². The minimum Gasteiger partial charge on any atom is -0.467 e. The Kier molecular flexibility index (Phi) is 4.83. The monoisotopic (exact) mass is 363 g/mol. The highest BCUT2D eigenvalue weighted by Gasteiger charge is 2.24. The molecule has 1 aromatic heterocycles. The number of benzene rings is 2. The first kappa shape index (κ1) is 17.2. The molecule has 0 aliphatic carbocycles. The Balaban J connectivity index is 1.56. The zero-order valence-electron chi connectivity index (χ0n) is 15.1. The average Bonchev–Trinajstić information content (AvgIpc) is 3.37. The Morgan fingerprint density at radius 3 is 2.63 bits per heavy atom. The van der Waals surface area contributed by atoms with Gasteiger partial charge in [0.1, 0.15) is 5.76 Å². The quantitative estimate of drug-likeness (QED) is 0.654. The Morgan fingerprint density at radius 2 is 1.85 bits per heavy atom. The molecule has 0 unspecified atom stereocenters. The van der Waals surface area contributed by atoms with Crippen LogP contribution in [0.4, 0.5) is 0 Å². The molecule has 0 N–H and O–H groups in total. The molecule has 1 aliphatic rings. The fourth-order valence-electron chi connectivity index (χ4n) is 3.25. The molecule has 0 radical (unpaired) electrons. The lowest BCUT2D eigenvalue weighted by atomic mass is 10.0. The van der Waals surface area contributed by atoms with E-state index in [-0.39, 0.29) is 25.2 Å². The number of hydrogen-bond acceptors (Lipinski definition) is 4. The van der Waals surface area contributed by atoms with Gasteiger partial charge in [0.05, 0.1) is 25.3 Å². The summed E-state index contributed by atoms with van der Waals surface area (Å²) < 4.78 is 16.2. The summed E-state index contributed by atoms with van der Waals surface area (Å²) in [5, 5.41) is 0. The highest BCUT2D eigenvalue weighted by atomic mass is 16.7. The molecule has 0 spiro atoms. The van der Waals surface area contributed by atoms with Crippen molar-refractivity contribution in [2.75, 3.05) is 6.79 Å². The van der Waals surface area contributed by atoms with Crippen molar-refractivity contribution >= 4 is 5.91 Å². The first-order valence-corrected chi connectivity index (χ1v) is 8.96. The van der Waals surface area contributed by atoms with Gasteiger partial charge in [-0.25, -0.2) is 0 Å². The first-order chi connectivity index (χ1) is 13.2. The number of nitrogens with zero attached hydrogens (tertiary/aromatic N) is 1. The highest BCUT2D eigenvalue weighted by Crippen LogP contribution is 2.33. The lowest BCUT2D eigenvalue weighted by molar-refractivity contribution is -0.133. The van der Waals surface area contributed by atoms with Gasteiger partial charge < -0.3 is 18.8 Å². The first-order valence-electron chi connectivity index (χ1n) is 8.96. The molecule has 3 aromatic rings. The topological polar surface area (TPSA) is 51.9 Å². The second-order valence-corrected chi connectivity index (χ2v) is 6.55. The second kappa shape index (κ2) is 7.58. The normalized spacial score (nSPS) is 13.4. The van der Waals surface area contributed by atoms with Gasteiger partial charge in [0.2, 0.25) is 12.7 Å². The minimum atomic E-state index is -0.0715. The summed E-state index contributed by atoms with van der Waals surface area (Å²) in [4.78, 5) is 15.0. The van der Waals surface area contributed by atoms with Gasteiger partial charge in [0, 0.05) is 0 Å². The third kappa shape index (κ3) is 3.82. The van der Waals surface area contributed by atoms with E-state index >= 15 is 0 Å². The molecule has 1 aliphatic heterocycles. The zero-order chi connectivity index (χ0) is 18.6. The molecule has 2 heterocycles. The number of fused-ring (bicyclic) bond motifs is 1. The molecule has 0 saturated carbocycles. The molecule has 4 rings (SSSR count). The number of furan rings is 1. The molecule has 0 saturated heterocycles. The van der Waals surface area contributed by atoms with Crippen molar-refractivity contribution in [2.24, 2.45) is 0 Å². The SMILES string of the molecule is C[C@@H](c1ccccc1)N(Cc1ccco1)C(=O)Cc1ccc2c(c1)OCO2. The molecule has 5 heteroatoms. The summed E-state index contributed by atoms with van der Waals surface area (Å²) in [5.41, 5.74) is 1.98. The lowest BCUT2D eigenvalue weighted by Gasteiger charge is -2.29. The summed E-state index contributed by atoms with van der Waals surface area (Å²) in [7, 11) is 0. The van der Waals surface area contributed by atoms with Crippen molar-refractivity contribution in [3.8, 4) is 11.5 Å². The fourth-order valence-corrected chi connectivity index (χ4v) is 3.25. The third-order valence-corrected chi connectivity index (χ3v) is 4.77. The van der Waals surface area contributed by atoms with Crippen LogP contribution in [0.5, 0.6) is 11.5 Å². The summed E-state index contributed by atoms with van der Waals surface area (Å²) >= 11 is 0. The summed E-state index contributed by atoms with van der Waals surface area (Å²) in [6, 6.07) is 19.3. The maximum absolute atomic E-state index is 13.2. The van der Waals surface area contributed by atoms with Crippen molar-refractivity contribution in [1.29, 1.82) is 0 Å². The van der Waals surface area contributed by atoms with E-state index in [4.69, 9.17) is 13.9 Å². The van der Waals surface area contributed by atoms with Gasteiger partial charge in [0.15, 0.2) is 11.5 Å². The molecule has 1 atom stereocenters. The van der Waals surface area contributed by atoms with Crippen molar-refractivity contribution in [1.82, 2.24) is 4.90 Å². The van der Waals surface area contributed by atoms with Crippen molar-refractivity contribution < 1.29 is 18.7 Å². The van der Waals surface area contributed by atoms with Crippen LogP contribution < -0.4 is 9.47 Å². The third-order valence-electron chi connectivity index (χ3n) is 4.77. The van der Waals surface area contributed by atoms with Gasteiger partial charge in [-0.05, 0) is 42.3 Å². The van der Waals surface area contributed by atoms with Crippen LogP contribution in [0, 0.1) is 0 Å². The smallest absolute Gasteiger partial charge is 0.231 e. The van der Waals surface area contributed by atoms with E-state index in [1.807, 2.05) is 72.5 Å². The number of hydrogen-bond donors (Lipinski definition) is 0. The number of amides is 1. The van der Waals surface area contributed by atoms with E-state index in [0.717, 1.165) is 22.6 Å². The van der Waals surface area contributed by atoms with Gasteiger partial charge >= 0.3 is 0 Å². The van der Waals surface area contributed by atoms with Crippen LogP contribution in [0.15, 0.2) is 71.3 Å². The number of carbonyl (C=O) groups is 1. The summed E-state index contributed by atoms with van der Waals surface area (Å²) in [6.07, 6.45) is 1.91. The number of rotatable bonds is 6. The molecular formula is C22H21NO4. The van der Waals surface area contributed by atoms with Crippen molar-refractivity contribution in [2.45, 2.75) is 25.9 Å². The molecular weight excluding hydrogens is 342 g/mol. The average molecular weight is 363 g/mol. The van der Waals surface area contributed by atoms with E-state index in [0.29, 0.717) is 12.3 Å². The maximum Gasteiger partial charge on any atom is 0.231 e. The summed E-state index contributed by atoms with van der Waals surface area (Å²) in [6.45, 7) is 2.69. The predicted molar refractivity (Wildman–Crippen MR) is 100 cm³/mol. The number of carbonyl (C=O) groups excluding carboxylic acids is 1. The van der Waals surface area contributed by atoms with Crippen molar-refractivity contribution in [3.05, 3.63) is 83.8 Å². The molecule has 2 aromatic carbocycles. The zero-order valence-corrected chi connectivity index (χ0v) is 15.1. The highest BCUT2D eigenvalue weighted by molar-refractivity contribution is 5.79. The van der Waals surface area contributed by atoms with Crippen LogP contribution in [0.25, 0.3) is 0 Å². The molecule has 138 valence electrons. The molecule has 5 nitrogen and oxygen atoms in total. The molecule has 0 bridgehead atoms. The number of ether oxygens (including phenoxy) is 2. The van der Waals surface area contributed by atoms with Crippen LogP contribution in [0.1, 0.15) is 29.9 Å². The standard InChI is InChI=1S/C22H21NO4/c1-16(18-6-3-2-4-7-18)23(14-19-8-5-11-25-19)22(24)13-17-9-10-20-21(12-17)27-15-26-20/h2-12,16H,13-15H2,1H3/t16-/m0/s1. The largest absolute Gasteiger partial charge is 0.467 e. The Hall–Kier alpha value is -3.21. The second-order valence-electron chi connectivity index (χ2n) is 6.55. The van der Waals surface area contributed by atoms with Gasteiger partial charge in [-0.2, -0.15) is 0 Å². The van der Waals surface area contributed by atoms with Crippen molar-refractivity contribution in [3.63, 3.8) is 0 Å². The predicted octanol–water partition coefficient (Wildman–Crippen LogP) is 4.34. The molecule has 27 heavy (non-hydrogen) atoms. The Labute approximate surface area is 158 Å². The fraction of sp³-hybridized carbons (Fsp3) is 0.227. The van der Waals surface area contributed by atoms with Crippen LogP contribution in [0.2, 0.25) is 0 Å². The minimum absolute atomic E-state index is 0.0293. The van der Waals surface area contributed by atoms with E-state index < -0.39 is 0 Å². The van der Waals surface area contributed by atoms with Gasteiger partial charge in [-0.3, -0.25) is 4.79 Å². The van der Waals surface area contributed by atoms with E-state index in [1.165, 1.54) is 0 Å². The van der Waals surface area contributed by atoms with Crippen LogP contribution >= 0.6 is 0 Å². The maximum atomic E-state index is 13.2. The molecule has 1 amide bonds. The van der Waals surface area contributed by atoms with Gasteiger partial charge in [-0.15, -0.1) is 0 Å². The van der Waals surface area contributed by atoms with E-state index in [2.05, 4.69) is 0 Å². The lowest BCUT2D eigenvalue weighted by Crippen LogP contribution is -2.34. The van der Waals surface area contributed by atoms with Crippen LogP contribution in [-0.2, 0) is 17.8 Å². The van der Waals surface area contributed by atoms with E-state index in [9.17, 15) is 4.79 Å². The van der Waals surface area contributed by atoms with Gasteiger partial charge in [-0.1, -0.05) is 36.4 Å². The summed E-state index contributed by atoms with van der Waals surface area (Å²) in [5.74, 6) is 2.20. The molecule has 0 fully saturated rings.